The third kappa shape index (κ3) is 3.19. The fraction of sp³-hybridized carbons (Fsp3) is 0.600. The Hall–Kier alpha value is -0.410. The third-order valence-corrected chi connectivity index (χ3v) is 5.12. The maximum Gasteiger partial charge on any atom is 0.140 e. The summed E-state index contributed by atoms with van der Waals surface area (Å²) in [6, 6.07) is 4.07. The number of rotatable bonds is 3. The second kappa shape index (κ2) is 6.85. The molecular weight excluding hydrogens is 328 g/mol. The van der Waals surface area contributed by atoms with Crippen molar-refractivity contribution in [2.24, 2.45) is 0 Å². The van der Waals surface area contributed by atoms with E-state index in [4.69, 9.17) is 21.1 Å². The van der Waals surface area contributed by atoms with E-state index >= 15 is 0 Å². The zero-order chi connectivity index (χ0) is 13.8. The molecule has 0 heterocycles. The van der Waals surface area contributed by atoms with Crippen molar-refractivity contribution in [1.82, 2.24) is 0 Å². The first kappa shape index (κ1) is 15.0. The van der Waals surface area contributed by atoms with Gasteiger partial charge in [0.2, 0.25) is 0 Å². The van der Waals surface area contributed by atoms with Crippen LogP contribution in [0.25, 0.3) is 0 Å². The van der Waals surface area contributed by atoms with Crippen LogP contribution < -0.4 is 9.47 Å². The highest BCUT2D eigenvalue weighted by atomic mass is 79.9. The minimum atomic E-state index is 0.191. The van der Waals surface area contributed by atoms with Crippen LogP contribution in [0.1, 0.15) is 43.6 Å². The Labute approximate surface area is 128 Å². The van der Waals surface area contributed by atoms with Crippen molar-refractivity contribution in [3.8, 4) is 11.5 Å². The van der Waals surface area contributed by atoms with Crippen LogP contribution in [0, 0.1) is 0 Å². The predicted molar refractivity (Wildman–Crippen MR) is 82.7 cm³/mol. The molecule has 1 aliphatic rings. The molecule has 2 nitrogen and oxygen atoms in total. The maximum atomic E-state index is 6.57. The highest BCUT2D eigenvalue weighted by Crippen LogP contribution is 2.45. The quantitative estimate of drug-likeness (QED) is 0.558. The van der Waals surface area contributed by atoms with Crippen LogP contribution in [0.3, 0.4) is 0 Å². The minimum Gasteiger partial charge on any atom is -0.495 e. The summed E-state index contributed by atoms with van der Waals surface area (Å²) in [4.78, 5) is 0. The minimum absolute atomic E-state index is 0.191. The van der Waals surface area contributed by atoms with Crippen LogP contribution in [0.5, 0.6) is 11.5 Å². The molecule has 19 heavy (non-hydrogen) atoms. The van der Waals surface area contributed by atoms with Gasteiger partial charge in [0.1, 0.15) is 16.0 Å². The van der Waals surface area contributed by atoms with Crippen molar-refractivity contribution >= 4 is 27.5 Å². The Morgan fingerprint density at radius 3 is 2.53 bits per heavy atom. The van der Waals surface area contributed by atoms with Gasteiger partial charge in [-0.2, -0.15) is 0 Å². The van der Waals surface area contributed by atoms with Crippen LogP contribution in [0.4, 0.5) is 0 Å². The van der Waals surface area contributed by atoms with Gasteiger partial charge in [0.15, 0.2) is 0 Å². The van der Waals surface area contributed by atoms with E-state index in [1.807, 2.05) is 6.07 Å². The summed E-state index contributed by atoms with van der Waals surface area (Å²) in [5.74, 6) is 2.01. The Balaban J connectivity index is 2.40. The molecular formula is C15H20BrClO2. The summed E-state index contributed by atoms with van der Waals surface area (Å²) in [5, 5.41) is 0.191. The lowest BCUT2D eigenvalue weighted by Gasteiger charge is -2.23. The van der Waals surface area contributed by atoms with E-state index in [0.717, 1.165) is 28.8 Å². The van der Waals surface area contributed by atoms with Crippen LogP contribution >= 0.6 is 27.5 Å². The highest BCUT2D eigenvalue weighted by molar-refractivity contribution is 9.10. The van der Waals surface area contributed by atoms with Gasteiger partial charge in [0.25, 0.3) is 0 Å². The SMILES string of the molecule is COc1ccc(C2CCCCCC2Cl)c(OC)c1Br. The first-order valence-electron chi connectivity index (χ1n) is 6.73. The molecule has 0 aliphatic heterocycles. The third-order valence-electron chi connectivity index (χ3n) is 3.85. The van der Waals surface area contributed by atoms with Gasteiger partial charge in [-0.1, -0.05) is 25.3 Å². The molecule has 2 unspecified atom stereocenters. The summed E-state index contributed by atoms with van der Waals surface area (Å²) >= 11 is 10.1. The standard InChI is InChI=1S/C15H20BrClO2/c1-18-13-9-8-11(15(19-2)14(13)16)10-6-4-3-5-7-12(10)17/h8-10,12H,3-7H2,1-2H3. The fourth-order valence-corrected chi connectivity index (χ4v) is 3.92. The highest BCUT2D eigenvalue weighted by Gasteiger charge is 2.27. The molecule has 1 aromatic carbocycles. The number of alkyl halides is 1. The van der Waals surface area contributed by atoms with Crippen LogP contribution in [0.15, 0.2) is 16.6 Å². The molecule has 2 atom stereocenters. The zero-order valence-corrected chi connectivity index (χ0v) is 13.8. The number of benzene rings is 1. The van der Waals surface area contributed by atoms with Gasteiger partial charge in [-0.05, 0) is 34.8 Å². The van der Waals surface area contributed by atoms with E-state index in [2.05, 4.69) is 22.0 Å². The molecule has 0 spiro atoms. The lowest BCUT2D eigenvalue weighted by molar-refractivity contribution is 0.381. The molecule has 0 aromatic heterocycles. The number of hydrogen-bond donors (Lipinski definition) is 0. The Morgan fingerprint density at radius 2 is 1.84 bits per heavy atom. The Morgan fingerprint density at radius 1 is 1.11 bits per heavy atom. The number of methoxy groups -OCH3 is 2. The predicted octanol–water partition coefficient (Wildman–Crippen LogP) is 5.12. The molecule has 0 radical (unpaired) electrons. The first-order chi connectivity index (χ1) is 9.19. The van der Waals surface area contributed by atoms with Crippen molar-refractivity contribution in [2.45, 2.75) is 43.4 Å². The van der Waals surface area contributed by atoms with Crippen molar-refractivity contribution in [3.05, 3.63) is 22.2 Å². The molecule has 0 bridgehead atoms. The lowest BCUT2D eigenvalue weighted by Crippen LogP contribution is -2.12. The van der Waals surface area contributed by atoms with Gasteiger partial charge in [-0.3, -0.25) is 0 Å². The summed E-state index contributed by atoms with van der Waals surface area (Å²) < 4.78 is 11.8. The Bertz CT molecular complexity index is 436. The van der Waals surface area contributed by atoms with Crippen LogP contribution in [-0.2, 0) is 0 Å². The average molecular weight is 348 g/mol. The van der Waals surface area contributed by atoms with Crippen molar-refractivity contribution in [1.29, 1.82) is 0 Å². The van der Waals surface area contributed by atoms with Gasteiger partial charge in [0.05, 0.1) is 14.2 Å². The molecule has 0 amide bonds. The molecule has 1 saturated carbocycles. The van der Waals surface area contributed by atoms with Gasteiger partial charge in [-0.25, -0.2) is 0 Å². The van der Waals surface area contributed by atoms with Crippen molar-refractivity contribution < 1.29 is 9.47 Å². The van der Waals surface area contributed by atoms with E-state index in [-0.39, 0.29) is 5.38 Å². The monoisotopic (exact) mass is 346 g/mol. The van der Waals surface area contributed by atoms with Crippen LogP contribution in [-0.4, -0.2) is 19.6 Å². The average Bonchev–Trinajstić information content (AvgIpc) is 2.63. The molecule has 2 rings (SSSR count). The van der Waals surface area contributed by atoms with Gasteiger partial charge < -0.3 is 9.47 Å². The molecule has 1 aromatic rings. The molecule has 0 saturated heterocycles. The Kier molecular flexibility index (Phi) is 5.40. The maximum absolute atomic E-state index is 6.57. The molecule has 1 aliphatic carbocycles. The van der Waals surface area contributed by atoms with Crippen molar-refractivity contribution in [3.63, 3.8) is 0 Å². The lowest BCUT2D eigenvalue weighted by atomic mass is 9.90. The van der Waals surface area contributed by atoms with Crippen LogP contribution in [0.2, 0.25) is 0 Å². The van der Waals surface area contributed by atoms with E-state index in [9.17, 15) is 0 Å². The molecule has 0 N–H and O–H groups in total. The first-order valence-corrected chi connectivity index (χ1v) is 7.96. The molecule has 4 heteroatoms. The summed E-state index contributed by atoms with van der Waals surface area (Å²) in [6.07, 6.45) is 5.95. The van der Waals surface area contributed by atoms with E-state index in [1.54, 1.807) is 14.2 Å². The second-order valence-corrected chi connectivity index (χ2v) is 6.32. The van der Waals surface area contributed by atoms with Gasteiger partial charge in [-0.15, -0.1) is 11.6 Å². The number of hydrogen-bond acceptors (Lipinski definition) is 2. The normalized spacial score (nSPS) is 23.8. The topological polar surface area (TPSA) is 18.5 Å². The van der Waals surface area contributed by atoms with Crippen molar-refractivity contribution in [2.75, 3.05) is 14.2 Å². The molecule has 106 valence electrons. The second-order valence-electron chi connectivity index (χ2n) is 4.96. The fourth-order valence-electron chi connectivity index (χ4n) is 2.82. The van der Waals surface area contributed by atoms with Gasteiger partial charge >= 0.3 is 0 Å². The largest absolute Gasteiger partial charge is 0.495 e. The number of halogens is 2. The molecule has 1 fully saturated rings. The number of ether oxygens (including phenoxy) is 2. The summed E-state index contributed by atoms with van der Waals surface area (Å²) in [7, 11) is 3.36. The summed E-state index contributed by atoms with van der Waals surface area (Å²) in [5.41, 5.74) is 1.19. The van der Waals surface area contributed by atoms with E-state index < -0.39 is 0 Å². The van der Waals surface area contributed by atoms with E-state index in [0.29, 0.717) is 5.92 Å². The van der Waals surface area contributed by atoms with Gasteiger partial charge in [0, 0.05) is 16.9 Å². The smallest absolute Gasteiger partial charge is 0.140 e. The zero-order valence-electron chi connectivity index (χ0n) is 11.4. The van der Waals surface area contributed by atoms with E-state index in [1.165, 1.54) is 24.8 Å². The summed E-state index contributed by atoms with van der Waals surface area (Å²) in [6.45, 7) is 0.